The summed E-state index contributed by atoms with van der Waals surface area (Å²) >= 11 is 0. The lowest BCUT2D eigenvalue weighted by atomic mass is 10.1. The molecular formula is C21H21N3O. The second-order valence-electron chi connectivity index (χ2n) is 5.99. The van der Waals surface area contributed by atoms with E-state index >= 15 is 0 Å². The molecule has 0 fully saturated rings. The van der Waals surface area contributed by atoms with E-state index in [4.69, 9.17) is 0 Å². The first-order chi connectivity index (χ1) is 12.2. The van der Waals surface area contributed by atoms with Crippen LogP contribution in [-0.2, 0) is 17.8 Å². The molecule has 2 N–H and O–H groups in total. The fourth-order valence-electron chi connectivity index (χ4n) is 2.57. The third-order valence-corrected chi connectivity index (χ3v) is 3.81. The van der Waals surface area contributed by atoms with E-state index in [1.54, 1.807) is 6.20 Å². The predicted octanol–water partition coefficient (Wildman–Crippen LogP) is 4.18. The topological polar surface area (TPSA) is 54.0 Å². The van der Waals surface area contributed by atoms with Crippen molar-refractivity contribution in [1.82, 2.24) is 4.98 Å². The van der Waals surface area contributed by atoms with Gasteiger partial charge in [-0.15, -0.1) is 0 Å². The van der Waals surface area contributed by atoms with Crippen molar-refractivity contribution in [2.45, 2.75) is 19.9 Å². The van der Waals surface area contributed by atoms with Gasteiger partial charge in [-0.3, -0.25) is 4.79 Å². The summed E-state index contributed by atoms with van der Waals surface area (Å²) in [5.41, 5.74) is 4.05. The highest BCUT2D eigenvalue weighted by atomic mass is 16.1. The van der Waals surface area contributed by atoms with Crippen LogP contribution in [0.1, 0.15) is 16.7 Å². The number of carbonyl (C=O) groups is 1. The number of anilines is 2. The summed E-state index contributed by atoms with van der Waals surface area (Å²) in [5, 5.41) is 6.15. The van der Waals surface area contributed by atoms with Gasteiger partial charge in [0.15, 0.2) is 0 Å². The summed E-state index contributed by atoms with van der Waals surface area (Å²) in [6, 6.07) is 21.8. The summed E-state index contributed by atoms with van der Waals surface area (Å²) in [6.07, 6.45) is 2.02. The van der Waals surface area contributed by atoms with Gasteiger partial charge in [-0.05, 0) is 30.2 Å². The zero-order valence-electron chi connectivity index (χ0n) is 14.2. The maximum absolute atomic E-state index is 12.1. The third kappa shape index (κ3) is 5.18. The van der Waals surface area contributed by atoms with Gasteiger partial charge in [-0.2, -0.15) is 0 Å². The second kappa shape index (κ2) is 8.11. The van der Waals surface area contributed by atoms with Crippen molar-refractivity contribution >= 4 is 17.4 Å². The van der Waals surface area contributed by atoms with Gasteiger partial charge in [0.05, 0.1) is 18.3 Å². The fourth-order valence-corrected chi connectivity index (χ4v) is 2.57. The predicted molar refractivity (Wildman–Crippen MR) is 102 cm³/mol. The molecule has 1 amide bonds. The van der Waals surface area contributed by atoms with E-state index in [2.05, 4.69) is 27.8 Å². The number of amides is 1. The molecule has 1 heterocycles. The molecule has 0 aliphatic carbocycles. The number of nitrogens with one attached hydrogen (secondary N) is 2. The summed E-state index contributed by atoms with van der Waals surface area (Å²) in [4.78, 5) is 16.5. The maximum Gasteiger partial charge on any atom is 0.228 e. The van der Waals surface area contributed by atoms with E-state index in [1.807, 2.05) is 61.5 Å². The molecule has 0 saturated heterocycles. The molecule has 25 heavy (non-hydrogen) atoms. The molecule has 0 saturated carbocycles. The van der Waals surface area contributed by atoms with Crippen LogP contribution >= 0.6 is 0 Å². The number of nitrogens with zero attached hydrogens (tertiary/aromatic N) is 1. The van der Waals surface area contributed by atoms with Crippen molar-refractivity contribution in [1.29, 1.82) is 0 Å². The quantitative estimate of drug-likeness (QED) is 0.712. The van der Waals surface area contributed by atoms with E-state index in [9.17, 15) is 4.79 Å². The molecule has 4 heteroatoms. The number of pyridine rings is 1. The van der Waals surface area contributed by atoms with E-state index in [0.29, 0.717) is 18.7 Å². The average Bonchev–Trinajstić information content (AvgIpc) is 2.62. The number of carbonyl (C=O) groups excluding carboxylic acids is 1. The Bertz CT molecular complexity index is 829. The SMILES string of the molecule is Cc1cccc(CC(=O)Nc2ccc(NCc3ccccc3)nc2)c1. The number of aromatic nitrogens is 1. The van der Waals surface area contributed by atoms with Gasteiger partial charge in [0.2, 0.25) is 5.91 Å². The average molecular weight is 331 g/mol. The van der Waals surface area contributed by atoms with Gasteiger partial charge in [-0.25, -0.2) is 4.98 Å². The van der Waals surface area contributed by atoms with Gasteiger partial charge in [-0.1, -0.05) is 60.2 Å². The van der Waals surface area contributed by atoms with E-state index in [0.717, 1.165) is 16.9 Å². The summed E-state index contributed by atoms with van der Waals surface area (Å²) in [7, 11) is 0. The highest BCUT2D eigenvalue weighted by molar-refractivity contribution is 5.92. The Balaban J connectivity index is 1.52. The van der Waals surface area contributed by atoms with Crippen molar-refractivity contribution in [2.75, 3.05) is 10.6 Å². The molecule has 0 spiro atoms. The van der Waals surface area contributed by atoms with Crippen LogP contribution in [0.15, 0.2) is 72.9 Å². The molecular weight excluding hydrogens is 310 g/mol. The third-order valence-electron chi connectivity index (χ3n) is 3.81. The molecule has 0 bridgehead atoms. The lowest BCUT2D eigenvalue weighted by Crippen LogP contribution is -2.14. The standard InChI is InChI=1S/C21H21N3O/c1-16-6-5-9-18(12-16)13-21(25)24-19-10-11-20(23-15-19)22-14-17-7-3-2-4-8-17/h2-12,15H,13-14H2,1H3,(H,22,23)(H,24,25). The van der Waals surface area contributed by atoms with Gasteiger partial charge in [0.1, 0.15) is 5.82 Å². The van der Waals surface area contributed by atoms with Gasteiger partial charge >= 0.3 is 0 Å². The maximum atomic E-state index is 12.1. The lowest BCUT2D eigenvalue weighted by Gasteiger charge is -2.08. The van der Waals surface area contributed by atoms with Gasteiger partial charge in [0, 0.05) is 6.54 Å². The molecule has 2 aromatic carbocycles. The Hall–Kier alpha value is -3.14. The Labute approximate surface area is 147 Å². The Morgan fingerprint density at radius 3 is 2.48 bits per heavy atom. The first-order valence-corrected chi connectivity index (χ1v) is 8.28. The molecule has 0 aliphatic rings. The van der Waals surface area contributed by atoms with Crippen molar-refractivity contribution in [3.8, 4) is 0 Å². The van der Waals surface area contributed by atoms with Crippen LogP contribution in [0.5, 0.6) is 0 Å². The number of rotatable bonds is 6. The number of hydrogen-bond donors (Lipinski definition) is 2. The van der Waals surface area contributed by atoms with Crippen LogP contribution in [0.25, 0.3) is 0 Å². The zero-order chi connectivity index (χ0) is 17.5. The number of aryl methyl sites for hydroxylation is 1. The van der Waals surface area contributed by atoms with Crippen LogP contribution in [0.2, 0.25) is 0 Å². The number of hydrogen-bond acceptors (Lipinski definition) is 3. The smallest absolute Gasteiger partial charge is 0.228 e. The lowest BCUT2D eigenvalue weighted by molar-refractivity contribution is -0.115. The van der Waals surface area contributed by atoms with Crippen molar-refractivity contribution < 1.29 is 4.79 Å². The molecule has 126 valence electrons. The van der Waals surface area contributed by atoms with E-state index in [1.165, 1.54) is 5.56 Å². The summed E-state index contributed by atoms with van der Waals surface area (Å²) in [6.45, 7) is 2.74. The molecule has 4 nitrogen and oxygen atoms in total. The van der Waals surface area contributed by atoms with Crippen LogP contribution in [0.3, 0.4) is 0 Å². The monoisotopic (exact) mass is 331 g/mol. The number of benzene rings is 2. The molecule has 3 rings (SSSR count). The Morgan fingerprint density at radius 1 is 0.960 bits per heavy atom. The molecule has 0 radical (unpaired) electrons. The second-order valence-corrected chi connectivity index (χ2v) is 5.99. The molecule has 3 aromatic rings. The minimum atomic E-state index is -0.0441. The highest BCUT2D eigenvalue weighted by Gasteiger charge is 2.05. The normalized spacial score (nSPS) is 10.3. The minimum Gasteiger partial charge on any atom is -0.366 e. The van der Waals surface area contributed by atoms with Crippen LogP contribution in [0.4, 0.5) is 11.5 Å². The van der Waals surface area contributed by atoms with E-state index in [-0.39, 0.29) is 5.91 Å². The van der Waals surface area contributed by atoms with E-state index < -0.39 is 0 Å². The first kappa shape index (κ1) is 16.7. The minimum absolute atomic E-state index is 0.0441. The summed E-state index contributed by atoms with van der Waals surface area (Å²) in [5.74, 6) is 0.734. The van der Waals surface area contributed by atoms with Crippen molar-refractivity contribution in [2.24, 2.45) is 0 Å². The molecule has 0 aliphatic heterocycles. The fraction of sp³-hybridized carbons (Fsp3) is 0.143. The largest absolute Gasteiger partial charge is 0.366 e. The van der Waals surface area contributed by atoms with Gasteiger partial charge in [0.25, 0.3) is 0 Å². The van der Waals surface area contributed by atoms with Crippen LogP contribution in [0, 0.1) is 6.92 Å². The highest BCUT2D eigenvalue weighted by Crippen LogP contribution is 2.12. The van der Waals surface area contributed by atoms with Crippen molar-refractivity contribution in [3.63, 3.8) is 0 Å². The van der Waals surface area contributed by atoms with Crippen LogP contribution in [-0.4, -0.2) is 10.9 Å². The Morgan fingerprint density at radius 2 is 1.76 bits per heavy atom. The first-order valence-electron chi connectivity index (χ1n) is 8.28. The Kier molecular flexibility index (Phi) is 5.42. The van der Waals surface area contributed by atoms with Crippen LogP contribution < -0.4 is 10.6 Å². The zero-order valence-corrected chi connectivity index (χ0v) is 14.2. The van der Waals surface area contributed by atoms with Crippen molar-refractivity contribution in [3.05, 3.63) is 89.6 Å². The molecule has 0 atom stereocenters. The molecule has 0 unspecified atom stereocenters. The molecule has 1 aromatic heterocycles. The summed E-state index contributed by atoms with van der Waals surface area (Å²) < 4.78 is 0. The van der Waals surface area contributed by atoms with Gasteiger partial charge < -0.3 is 10.6 Å².